The molecule has 0 heterocycles. The zero-order valence-corrected chi connectivity index (χ0v) is 10.1. The Morgan fingerprint density at radius 1 is 1.16 bits per heavy atom. The number of hydrogen-bond acceptors (Lipinski definition) is 3. The highest BCUT2D eigenvalue weighted by Gasteiger charge is 2.39. The molecule has 11 heteroatoms. The summed E-state index contributed by atoms with van der Waals surface area (Å²) in [6.45, 7) is 0. The summed E-state index contributed by atoms with van der Waals surface area (Å²) in [7, 11) is 0. The molecule has 0 amide bonds. The second-order valence-corrected chi connectivity index (χ2v) is 3.90. The third-order valence-corrected chi connectivity index (χ3v) is 2.58. The molecule has 0 aliphatic heterocycles. The van der Waals surface area contributed by atoms with Gasteiger partial charge < -0.3 is 4.74 Å². The van der Waals surface area contributed by atoms with Crippen molar-refractivity contribution in [2.75, 3.05) is 0 Å². The van der Waals surface area contributed by atoms with Crippen molar-refractivity contribution < 1.29 is 36.0 Å². The van der Waals surface area contributed by atoms with Crippen LogP contribution in [0, 0.1) is 10.1 Å². The minimum atomic E-state index is -5.28. The quantitative estimate of drug-likeness (QED) is 0.453. The number of nitro benzene ring substituents is 1. The van der Waals surface area contributed by atoms with Crippen LogP contribution in [0.3, 0.4) is 0 Å². The van der Waals surface area contributed by atoms with E-state index in [-0.39, 0.29) is 12.1 Å². The summed E-state index contributed by atoms with van der Waals surface area (Å²) in [6, 6.07) is 0.347. The standard InChI is InChI=1S/C8H2BrF6NO3/c9-6-4(7(10,11)12)1-3(16(17)18)2-5(6)19-8(13,14)15/h1-2H. The first-order valence-electron chi connectivity index (χ1n) is 4.22. The Balaban J connectivity index is 3.46. The van der Waals surface area contributed by atoms with Gasteiger partial charge in [-0.05, 0) is 15.9 Å². The van der Waals surface area contributed by atoms with E-state index in [1.54, 1.807) is 0 Å². The van der Waals surface area contributed by atoms with E-state index < -0.39 is 38.9 Å². The first-order chi connectivity index (χ1) is 8.42. The smallest absolute Gasteiger partial charge is 0.404 e. The summed E-state index contributed by atoms with van der Waals surface area (Å²) in [5.41, 5.74) is -2.81. The van der Waals surface area contributed by atoms with E-state index in [0.717, 1.165) is 0 Å². The van der Waals surface area contributed by atoms with Crippen LogP contribution in [0.4, 0.5) is 32.0 Å². The highest BCUT2D eigenvalue weighted by molar-refractivity contribution is 9.10. The summed E-state index contributed by atoms with van der Waals surface area (Å²) >= 11 is 2.29. The van der Waals surface area contributed by atoms with Crippen LogP contribution in [0.25, 0.3) is 0 Å². The number of halogens is 7. The zero-order chi connectivity index (χ0) is 15.0. The Hall–Kier alpha value is -1.52. The average molecular weight is 354 g/mol. The zero-order valence-electron chi connectivity index (χ0n) is 8.47. The van der Waals surface area contributed by atoms with Crippen molar-refractivity contribution in [2.45, 2.75) is 12.5 Å². The lowest BCUT2D eigenvalue weighted by atomic mass is 10.2. The lowest BCUT2D eigenvalue weighted by molar-refractivity contribution is -0.385. The van der Waals surface area contributed by atoms with Gasteiger partial charge in [0.15, 0.2) is 5.75 Å². The van der Waals surface area contributed by atoms with Crippen LogP contribution in [0.1, 0.15) is 5.56 Å². The van der Waals surface area contributed by atoms with Crippen LogP contribution < -0.4 is 4.74 Å². The Labute approximate surface area is 109 Å². The topological polar surface area (TPSA) is 52.4 Å². The molecule has 1 rings (SSSR count). The molecule has 0 saturated carbocycles. The van der Waals surface area contributed by atoms with Crippen LogP contribution in [0.15, 0.2) is 16.6 Å². The second-order valence-electron chi connectivity index (χ2n) is 3.11. The summed E-state index contributed by atoms with van der Waals surface area (Å²) in [5.74, 6) is -1.34. The van der Waals surface area contributed by atoms with E-state index in [0.29, 0.717) is 0 Å². The molecule has 0 bridgehead atoms. The summed E-state index contributed by atoms with van der Waals surface area (Å²) in [4.78, 5) is 9.14. The fourth-order valence-electron chi connectivity index (χ4n) is 1.09. The summed E-state index contributed by atoms with van der Waals surface area (Å²) < 4.78 is 75.8. The van der Waals surface area contributed by atoms with E-state index in [4.69, 9.17) is 0 Å². The molecule has 0 N–H and O–H groups in total. The van der Waals surface area contributed by atoms with E-state index in [9.17, 15) is 36.5 Å². The maximum atomic E-state index is 12.5. The minimum Gasteiger partial charge on any atom is -0.404 e. The van der Waals surface area contributed by atoms with Crippen LogP contribution >= 0.6 is 15.9 Å². The van der Waals surface area contributed by atoms with Gasteiger partial charge in [-0.15, -0.1) is 13.2 Å². The molecule has 0 aliphatic rings. The summed E-state index contributed by atoms with van der Waals surface area (Å²) in [6.07, 6.45) is -10.4. The van der Waals surface area contributed by atoms with Gasteiger partial charge in [-0.1, -0.05) is 0 Å². The number of ether oxygens (including phenoxy) is 1. The van der Waals surface area contributed by atoms with Crippen molar-refractivity contribution in [3.05, 3.63) is 32.3 Å². The van der Waals surface area contributed by atoms with Crippen LogP contribution in [0.5, 0.6) is 5.75 Å². The minimum absolute atomic E-state index is 0.104. The second kappa shape index (κ2) is 4.87. The molecule has 0 unspecified atom stereocenters. The van der Waals surface area contributed by atoms with Gasteiger partial charge in [-0.2, -0.15) is 13.2 Å². The number of alkyl halides is 6. The molecular formula is C8H2BrF6NO3. The SMILES string of the molecule is O=[N+]([O-])c1cc(OC(F)(F)F)c(Br)c(C(F)(F)F)c1. The Kier molecular flexibility index (Phi) is 3.98. The van der Waals surface area contributed by atoms with Crippen molar-refractivity contribution in [3.63, 3.8) is 0 Å². The van der Waals surface area contributed by atoms with Crippen molar-refractivity contribution >= 4 is 21.6 Å². The largest absolute Gasteiger partial charge is 0.573 e. The Morgan fingerprint density at radius 3 is 2.05 bits per heavy atom. The average Bonchev–Trinajstić information content (AvgIpc) is 2.16. The normalized spacial score (nSPS) is 12.4. The molecule has 106 valence electrons. The molecule has 0 aromatic heterocycles. The molecule has 0 saturated heterocycles. The van der Waals surface area contributed by atoms with Crippen LogP contribution in [-0.4, -0.2) is 11.3 Å². The molecule has 0 radical (unpaired) electrons. The first-order valence-corrected chi connectivity index (χ1v) is 5.02. The molecule has 1 aromatic rings. The molecule has 19 heavy (non-hydrogen) atoms. The molecular weight excluding hydrogens is 352 g/mol. The van der Waals surface area contributed by atoms with Crippen molar-refractivity contribution in [2.24, 2.45) is 0 Å². The van der Waals surface area contributed by atoms with Gasteiger partial charge in [0.05, 0.1) is 21.0 Å². The van der Waals surface area contributed by atoms with Gasteiger partial charge in [0.25, 0.3) is 5.69 Å². The van der Waals surface area contributed by atoms with Gasteiger partial charge in [0.2, 0.25) is 0 Å². The number of benzene rings is 1. The van der Waals surface area contributed by atoms with E-state index in [1.165, 1.54) is 0 Å². The van der Waals surface area contributed by atoms with Gasteiger partial charge in [0.1, 0.15) is 0 Å². The van der Waals surface area contributed by atoms with Crippen molar-refractivity contribution in [3.8, 4) is 5.75 Å². The number of nitro groups is 1. The number of hydrogen-bond donors (Lipinski definition) is 0. The van der Waals surface area contributed by atoms with Gasteiger partial charge in [-0.3, -0.25) is 10.1 Å². The van der Waals surface area contributed by atoms with Crippen molar-refractivity contribution in [1.82, 2.24) is 0 Å². The summed E-state index contributed by atoms with van der Waals surface area (Å²) in [5, 5.41) is 10.4. The van der Waals surface area contributed by atoms with Gasteiger partial charge in [-0.25, -0.2) is 0 Å². The third kappa shape index (κ3) is 3.98. The van der Waals surface area contributed by atoms with Gasteiger partial charge >= 0.3 is 12.5 Å². The molecule has 0 spiro atoms. The fourth-order valence-corrected chi connectivity index (χ4v) is 1.63. The fraction of sp³-hybridized carbons (Fsp3) is 0.250. The van der Waals surface area contributed by atoms with Crippen LogP contribution in [-0.2, 0) is 6.18 Å². The van der Waals surface area contributed by atoms with E-state index in [2.05, 4.69) is 20.7 Å². The highest BCUT2D eigenvalue weighted by atomic mass is 79.9. The Morgan fingerprint density at radius 2 is 1.68 bits per heavy atom. The Bertz CT molecular complexity index is 512. The predicted octanol–water partition coefficient (Wildman–Crippen LogP) is 4.27. The highest BCUT2D eigenvalue weighted by Crippen LogP contribution is 2.43. The number of nitrogens with zero attached hydrogens (tertiary/aromatic N) is 1. The number of non-ortho nitro benzene ring substituents is 1. The number of rotatable bonds is 2. The first kappa shape index (κ1) is 15.5. The maximum Gasteiger partial charge on any atom is 0.573 e. The predicted molar refractivity (Wildman–Crippen MR) is 52.5 cm³/mol. The third-order valence-electron chi connectivity index (χ3n) is 1.77. The van der Waals surface area contributed by atoms with E-state index in [1.807, 2.05) is 0 Å². The lowest BCUT2D eigenvalue weighted by Crippen LogP contribution is -2.18. The molecule has 4 nitrogen and oxygen atoms in total. The molecule has 1 aromatic carbocycles. The molecule has 0 fully saturated rings. The maximum absolute atomic E-state index is 12.5. The van der Waals surface area contributed by atoms with E-state index >= 15 is 0 Å². The van der Waals surface area contributed by atoms with Crippen molar-refractivity contribution in [1.29, 1.82) is 0 Å². The van der Waals surface area contributed by atoms with Crippen LogP contribution in [0.2, 0.25) is 0 Å². The lowest BCUT2D eigenvalue weighted by Gasteiger charge is -2.14. The molecule has 0 aliphatic carbocycles. The van der Waals surface area contributed by atoms with Gasteiger partial charge in [0, 0.05) is 6.07 Å². The monoisotopic (exact) mass is 353 g/mol. The molecule has 0 atom stereocenters.